The summed E-state index contributed by atoms with van der Waals surface area (Å²) in [5.41, 5.74) is -1.20. The van der Waals surface area contributed by atoms with Gasteiger partial charge in [-0.2, -0.15) is 0 Å². The summed E-state index contributed by atoms with van der Waals surface area (Å²) in [6.45, 7) is 0. The van der Waals surface area contributed by atoms with E-state index >= 15 is 0 Å². The molecule has 1 saturated heterocycles. The van der Waals surface area contributed by atoms with Crippen molar-refractivity contribution in [2.24, 2.45) is 7.05 Å². The second-order valence-electron chi connectivity index (χ2n) is 7.84. The maximum atomic E-state index is 12.8. The van der Waals surface area contributed by atoms with E-state index in [2.05, 4.69) is 15.5 Å². The number of carboxylic acids is 2. The highest BCUT2D eigenvalue weighted by atomic mass is 32.2. The Morgan fingerprint density at radius 3 is 2.61 bits per heavy atom. The van der Waals surface area contributed by atoms with Gasteiger partial charge in [0.2, 0.25) is 5.91 Å². The monoisotopic (exact) mass is 533 g/mol. The van der Waals surface area contributed by atoms with Gasteiger partial charge in [-0.25, -0.2) is 14.7 Å². The number of nitrogens with one attached hydrogen (secondary N) is 2. The second kappa shape index (κ2) is 10.0. The number of H-pyrrole nitrogens is 1. The summed E-state index contributed by atoms with van der Waals surface area (Å²) in [6, 6.07) is 5.08. The average Bonchev–Trinajstić information content (AvgIpc) is 2.85. The van der Waals surface area contributed by atoms with E-state index in [1.165, 1.54) is 30.9 Å². The number of aromatic amines is 1. The van der Waals surface area contributed by atoms with Gasteiger partial charge in [-0.15, -0.1) is 16.9 Å². The number of fused-ring (bicyclic) bond motifs is 1. The molecule has 1 aromatic carbocycles. The van der Waals surface area contributed by atoms with Crippen LogP contribution in [-0.2, 0) is 27.9 Å². The second-order valence-corrected chi connectivity index (χ2v) is 9.89. The van der Waals surface area contributed by atoms with E-state index in [0.29, 0.717) is 5.57 Å². The largest absolute Gasteiger partial charge is 0.478 e. The number of β-lactam (4-membered cyclic amide) rings is 1. The van der Waals surface area contributed by atoms with Crippen molar-refractivity contribution in [3.05, 3.63) is 67.4 Å². The number of carbonyl (C=O) groups is 4. The van der Waals surface area contributed by atoms with Gasteiger partial charge in [0.1, 0.15) is 17.1 Å². The Morgan fingerprint density at radius 1 is 1.19 bits per heavy atom. The zero-order chi connectivity index (χ0) is 26.1. The van der Waals surface area contributed by atoms with Crippen molar-refractivity contribution in [3.8, 4) is 0 Å². The van der Waals surface area contributed by atoms with Gasteiger partial charge in [0.15, 0.2) is 5.16 Å². The number of carbonyl (C=O) groups excluding carboxylic acids is 2. The lowest BCUT2D eigenvalue weighted by molar-refractivity contribution is -0.150. The number of aromatic nitrogens is 3. The maximum absolute atomic E-state index is 12.8. The van der Waals surface area contributed by atoms with Crippen LogP contribution in [0.3, 0.4) is 0 Å². The van der Waals surface area contributed by atoms with Crippen LogP contribution in [0.1, 0.15) is 15.9 Å². The number of benzene rings is 1. The summed E-state index contributed by atoms with van der Waals surface area (Å²) >= 11 is 2.30. The summed E-state index contributed by atoms with van der Waals surface area (Å²) in [6.07, 6.45) is -0.252. The predicted molar refractivity (Wildman–Crippen MR) is 128 cm³/mol. The van der Waals surface area contributed by atoms with Crippen molar-refractivity contribution in [2.75, 3.05) is 11.5 Å². The number of carboxylic acid groups (broad SMARTS) is 2. The first kappa shape index (κ1) is 25.2. The molecule has 0 spiro atoms. The van der Waals surface area contributed by atoms with Crippen LogP contribution < -0.4 is 16.4 Å². The van der Waals surface area contributed by atoms with Crippen molar-refractivity contribution in [1.29, 1.82) is 0 Å². The zero-order valence-corrected chi connectivity index (χ0v) is 20.2. The molecule has 13 nitrogen and oxygen atoms in total. The van der Waals surface area contributed by atoms with Gasteiger partial charge in [-0.3, -0.25) is 28.6 Å². The number of thioether (sulfide) groups is 2. The number of aliphatic carboxylic acids is 1. The molecule has 2 aliphatic rings. The third kappa shape index (κ3) is 4.66. The van der Waals surface area contributed by atoms with Crippen LogP contribution >= 0.6 is 23.5 Å². The van der Waals surface area contributed by atoms with Gasteiger partial charge in [0, 0.05) is 18.6 Å². The molecule has 4 rings (SSSR count). The van der Waals surface area contributed by atoms with Gasteiger partial charge >= 0.3 is 23.1 Å². The summed E-state index contributed by atoms with van der Waals surface area (Å²) in [5, 5.41) is 27.1. The normalized spacial score (nSPS) is 18.9. The Kier molecular flexibility index (Phi) is 7.03. The van der Waals surface area contributed by atoms with E-state index in [0.717, 1.165) is 21.2 Å². The minimum Gasteiger partial charge on any atom is -0.478 e. The molecule has 1 unspecified atom stereocenters. The molecule has 36 heavy (non-hydrogen) atoms. The summed E-state index contributed by atoms with van der Waals surface area (Å²) in [4.78, 5) is 73.0. The molecular formula is C21H19N5O8S2. The number of hydrogen-bond acceptors (Lipinski definition) is 9. The van der Waals surface area contributed by atoms with Crippen LogP contribution in [0.4, 0.5) is 0 Å². The van der Waals surface area contributed by atoms with E-state index in [1.54, 1.807) is 12.1 Å². The minimum absolute atomic E-state index is 0.0195. The molecule has 3 heterocycles. The van der Waals surface area contributed by atoms with Gasteiger partial charge in [0.25, 0.3) is 5.91 Å². The fourth-order valence-corrected chi connectivity index (χ4v) is 6.22. The SMILES string of the molecule is Cn1c(SCC2=C(C(=O)O)N3C(=O)C(NC(=O)Cc4ccccc4C(=O)O)[C@H]3SC2)n[nH]c(=O)c1=O. The zero-order valence-electron chi connectivity index (χ0n) is 18.6. The van der Waals surface area contributed by atoms with Crippen LogP contribution in [0.15, 0.2) is 50.3 Å². The van der Waals surface area contributed by atoms with Crippen LogP contribution in [0, 0.1) is 0 Å². The highest BCUT2D eigenvalue weighted by Crippen LogP contribution is 2.41. The molecule has 2 aromatic rings. The van der Waals surface area contributed by atoms with Crippen LogP contribution in [-0.4, -0.2) is 76.6 Å². The first-order valence-corrected chi connectivity index (χ1v) is 12.4. The highest BCUT2D eigenvalue weighted by molar-refractivity contribution is 8.01. The van der Waals surface area contributed by atoms with E-state index in [9.17, 15) is 39.0 Å². The van der Waals surface area contributed by atoms with Gasteiger partial charge < -0.3 is 15.5 Å². The number of nitrogens with zero attached hydrogens (tertiary/aromatic N) is 3. The molecule has 0 aliphatic carbocycles. The maximum Gasteiger partial charge on any atom is 0.352 e. The fourth-order valence-electron chi connectivity index (χ4n) is 3.82. The van der Waals surface area contributed by atoms with Crippen LogP contribution in [0.5, 0.6) is 0 Å². The van der Waals surface area contributed by atoms with Crippen LogP contribution in [0.25, 0.3) is 0 Å². The Labute approximate surface area is 210 Å². The molecular weight excluding hydrogens is 514 g/mol. The number of aromatic carboxylic acids is 1. The fraction of sp³-hybridized carbons (Fsp3) is 0.286. The highest BCUT2D eigenvalue weighted by Gasteiger charge is 2.54. The topological polar surface area (TPSA) is 192 Å². The summed E-state index contributed by atoms with van der Waals surface area (Å²) in [7, 11) is 1.37. The smallest absolute Gasteiger partial charge is 0.352 e. The van der Waals surface area contributed by atoms with Gasteiger partial charge in [0.05, 0.1) is 12.0 Å². The lowest BCUT2D eigenvalue weighted by Gasteiger charge is -2.49. The third-order valence-corrected chi connectivity index (χ3v) is 8.04. The molecule has 0 radical (unpaired) electrons. The number of hydrogen-bond donors (Lipinski definition) is 4. The van der Waals surface area contributed by atoms with Gasteiger partial charge in [-0.1, -0.05) is 30.0 Å². The molecule has 188 valence electrons. The van der Waals surface area contributed by atoms with Crippen molar-refractivity contribution < 1.29 is 29.4 Å². The lowest BCUT2D eigenvalue weighted by Crippen LogP contribution is -2.70. The predicted octanol–water partition coefficient (Wildman–Crippen LogP) is -0.760. The van der Waals surface area contributed by atoms with E-state index < -0.39 is 46.3 Å². The standard InChI is InChI=1S/C21H19N5O8S2/c1-25-17(30)15(28)23-24-21(25)36-8-10-7-35-18-13(16(29)26(18)14(10)20(33)34)22-12(27)6-9-4-2-3-5-11(9)19(31)32/h2-5,13,18H,6-8H2,1H3,(H,22,27)(H,23,28)(H,31,32)(H,33,34)/t13?,18-/m1/s1. The molecule has 0 saturated carbocycles. The molecule has 2 atom stereocenters. The van der Waals surface area contributed by atoms with E-state index in [-0.39, 0.29) is 39.9 Å². The molecule has 2 amide bonds. The Hall–Kier alpha value is -3.85. The first-order valence-electron chi connectivity index (χ1n) is 10.4. The Bertz CT molecular complexity index is 1430. The van der Waals surface area contributed by atoms with Crippen molar-refractivity contribution in [2.45, 2.75) is 23.0 Å². The third-order valence-electron chi connectivity index (χ3n) is 5.58. The molecule has 0 bridgehead atoms. The number of rotatable bonds is 8. The molecule has 15 heteroatoms. The average molecular weight is 534 g/mol. The summed E-state index contributed by atoms with van der Waals surface area (Å²) < 4.78 is 1.05. The lowest BCUT2D eigenvalue weighted by atomic mass is 10.0. The summed E-state index contributed by atoms with van der Waals surface area (Å²) in [5.74, 6) is -3.30. The Morgan fingerprint density at radius 2 is 1.92 bits per heavy atom. The number of amides is 2. The molecule has 1 fully saturated rings. The molecule has 1 aromatic heterocycles. The van der Waals surface area contributed by atoms with Crippen molar-refractivity contribution in [1.82, 2.24) is 25.0 Å². The van der Waals surface area contributed by atoms with Crippen molar-refractivity contribution in [3.63, 3.8) is 0 Å². The minimum atomic E-state index is -1.31. The molecule has 2 aliphatic heterocycles. The first-order chi connectivity index (χ1) is 17.1. The molecule has 4 N–H and O–H groups in total. The quantitative estimate of drug-likeness (QED) is 0.189. The van der Waals surface area contributed by atoms with E-state index in [4.69, 9.17) is 0 Å². The Balaban J connectivity index is 1.47. The van der Waals surface area contributed by atoms with Gasteiger partial charge in [-0.05, 0) is 17.2 Å². The van der Waals surface area contributed by atoms with Crippen molar-refractivity contribution >= 4 is 47.3 Å². The van der Waals surface area contributed by atoms with Crippen LogP contribution in [0.2, 0.25) is 0 Å². The van der Waals surface area contributed by atoms with E-state index in [1.807, 2.05) is 0 Å².